The molecule has 0 saturated heterocycles. The van der Waals surface area contributed by atoms with Crippen molar-refractivity contribution in [3.05, 3.63) is 70.9 Å². The summed E-state index contributed by atoms with van der Waals surface area (Å²) in [5.41, 5.74) is 5.71. The zero-order valence-electron chi connectivity index (χ0n) is 20.6. The van der Waals surface area contributed by atoms with Crippen molar-refractivity contribution in [2.24, 2.45) is 0 Å². The van der Waals surface area contributed by atoms with Gasteiger partial charge in [-0.15, -0.1) is 0 Å². The summed E-state index contributed by atoms with van der Waals surface area (Å²) in [6.45, 7) is 8.82. The summed E-state index contributed by atoms with van der Waals surface area (Å²) < 4.78 is 25.0. The molecule has 3 rings (SSSR count). The maximum atomic E-state index is 13.4. The smallest absolute Gasteiger partial charge is 0.247 e. The Morgan fingerprint density at radius 2 is 1.59 bits per heavy atom. The van der Waals surface area contributed by atoms with E-state index in [1.165, 1.54) is 0 Å². The quantitative estimate of drug-likeness (QED) is 0.385. The van der Waals surface area contributed by atoms with E-state index in [4.69, 9.17) is 0 Å². The molecule has 2 aromatic carbocycles. The minimum absolute atomic E-state index is 0.0194. The zero-order chi connectivity index (χ0) is 25.0. The summed E-state index contributed by atoms with van der Waals surface area (Å²) in [7, 11) is 0.906. The summed E-state index contributed by atoms with van der Waals surface area (Å²) in [6.07, 6.45) is 1.68. The first-order valence-corrected chi connectivity index (χ1v) is 12.7. The molecule has 0 bridgehead atoms. The maximum Gasteiger partial charge on any atom is 0.247 e. The first kappa shape index (κ1) is 25.6. The average molecular weight is 483 g/mol. The fourth-order valence-electron chi connectivity index (χ4n) is 4.14. The van der Waals surface area contributed by atoms with Crippen LogP contribution in [0.2, 0.25) is 0 Å². The van der Waals surface area contributed by atoms with Crippen molar-refractivity contribution >= 4 is 22.3 Å². The molecule has 34 heavy (non-hydrogen) atoms. The number of rotatable bonds is 9. The molecular weight excluding hydrogens is 448 g/mol. The minimum Gasteiger partial charge on any atom is -0.325 e. The monoisotopic (exact) mass is 482 g/mol. The van der Waals surface area contributed by atoms with Crippen molar-refractivity contribution in [3.8, 4) is 11.3 Å². The molecule has 182 valence electrons. The van der Waals surface area contributed by atoms with Gasteiger partial charge in [0.2, 0.25) is 5.91 Å². The number of H-pyrrole nitrogens is 1. The number of aromatic amines is 1. The lowest BCUT2D eigenvalue weighted by Gasteiger charge is -2.24. The molecule has 0 aliphatic heterocycles. The van der Waals surface area contributed by atoms with Gasteiger partial charge in [0.15, 0.2) is 16.0 Å². The van der Waals surface area contributed by atoms with Crippen LogP contribution >= 0.6 is 0 Å². The number of nitrogens with zero attached hydrogens (tertiary/aromatic N) is 2. The lowest BCUT2D eigenvalue weighted by Crippen LogP contribution is -2.25. The van der Waals surface area contributed by atoms with Crippen LogP contribution in [0.1, 0.15) is 67.0 Å². The van der Waals surface area contributed by atoms with Gasteiger partial charge in [-0.2, -0.15) is 5.10 Å². The highest BCUT2D eigenvalue weighted by Crippen LogP contribution is 2.38. The summed E-state index contributed by atoms with van der Waals surface area (Å²) >= 11 is 0. The Morgan fingerprint density at radius 1 is 1.00 bits per heavy atom. The van der Waals surface area contributed by atoms with E-state index in [0.29, 0.717) is 11.3 Å². The van der Waals surface area contributed by atoms with Crippen LogP contribution in [-0.4, -0.2) is 43.5 Å². The summed E-state index contributed by atoms with van der Waals surface area (Å²) in [5, 5.41) is 8.55. The second-order valence-corrected chi connectivity index (χ2v) is 10.5. The fourth-order valence-corrected chi connectivity index (χ4v) is 4.91. The third-order valence-electron chi connectivity index (χ3n) is 5.75. The van der Waals surface area contributed by atoms with E-state index < -0.39 is 21.9 Å². The van der Waals surface area contributed by atoms with Crippen LogP contribution in [0, 0.1) is 0 Å². The number of amides is 1. The number of thiol groups is 1. The highest BCUT2D eigenvalue weighted by molar-refractivity contribution is 7.73. The van der Waals surface area contributed by atoms with Gasteiger partial charge in [-0.05, 0) is 78.5 Å². The van der Waals surface area contributed by atoms with Gasteiger partial charge in [0.1, 0.15) is 0 Å². The molecule has 8 heteroatoms. The molecule has 3 aromatic rings. The standard InChI is InChI=1S/C26H34N4O3S/c1-16(2)21-13-19(23-11-12-27-29-23)14-22(17(3)4)24(21)25(34(32)33)26(31)28-20-9-7-18(8-10-20)15-30(5)6/h7-14,16-17,25,34H,15H2,1-6H3,(H,27,29)(H,28,31). The number of hydrogen-bond donors (Lipinski definition) is 3. The predicted molar refractivity (Wildman–Crippen MR) is 138 cm³/mol. The molecule has 1 amide bonds. The molecule has 2 N–H and O–H groups in total. The largest absolute Gasteiger partial charge is 0.325 e. The Kier molecular flexibility index (Phi) is 8.28. The van der Waals surface area contributed by atoms with E-state index in [0.717, 1.165) is 34.5 Å². The second kappa shape index (κ2) is 11.0. The van der Waals surface area contributed by atoms with Gasteiger partial charge in [-0.25, -0.2) is 8.42 Å². The van der Waals surface area contributed by atoms with Crippen LogP contribution in [-0.2, 0) is 22.0 Å². The normalized spacial score (nSPS) is 12.6. The van der Waals surface area contributed by atoms with Crippen molar-refractivity contribution in [3.63, 3.8) is 0 Å². The minimum atomic E-state index is -3.07. The number of nitrogens with one attached hydrogen (secondary N) is 2. The third kappa shape index (κ3) is 5.93. The highest BCUT2D eigenvalue weighted by Gasteiger charge is 2.31. The van der Waals surface area contributed by atoms with Crippen molar-refractivity contribution < 1.29 is 13.2 Å². The Hall–Kier alpha value is -2.97. The Balaban J connectivity index is 2.05. The summed E-state index contributed by atoms with van der Waals surface area (Å²) in [6, 6.07) is 13.3. The Labute approximate surface area is 203 Å². The molecule has 1 heterocycles. The first-order chi connectivity index (χ1) is 16.1. The summed E-state index contributed by atoms with van der Waals surface area (Å²) in [4.78, 5) is 15.4. The maximum absolute atomic E-state index is 13.4. The number of anilines is 1. The van der Waals surface area contributed by atoms with Crippen molar-refractivity contribution in [2.45, 2.75) is 51.3 Å². The van der Waals surface area contributed by atoms with E-state index in [2.05, 4.69) is 20.4 Å². The molecule has 7 nitrogen and oxygen atoms in total. The first-order valence-electron chi connectivity index (χ1n) is 11.4. The molecule has 0 spiro atoms. The molecule has 0 fully saturated rings. The van der Waals surface area contributed by atoms with Crippen LogP contribution in [0.15, 0.2) is 48.7 Å². The highest BCUT2D eigenvalue weighted by atomic mass is 32.2. The van der Waals surface area contributed by atoms with Crippen LogP contribution in [0.3, 0.4) is 0 Å². The van der Waals surface area contributed by atoms with Gasteiger partial charge >= 0.3 is 0 Å². The van der Waals surface area contributed by atoms with E-state index in [1.54, 1.807) is 18.3 Å². The summed E-state index contributed by atoms with van der Waals surface area (Å²) in [5.74, 6) is -0.508. The van der Waals surface area contributed by atoms with Gasteiger partial charge in [0.25, 0.3) is 0 Å². The lowest BCUT2D eigenvalue weighted by atomic mass is 9.84. The third-order valence-corrected chi connectivity index (χ3v) is 6.67. The Bertz CT molecular complexity index is 1160. The molecule has 0 radical (unpaired) electrons. The van der Waals surface area contributed by atoms with Gasteiger partial charge < -0.3 is 10.2 Å². The van der Waals surface area contributed by atoms with E-state index >= 15 is 0 Å². The van der Waals surface area contributed by atoms with Crippen LogP contribution < -0.4 is 5.32 Å². The van der Waals surface area contributed by atoms with Crippen molar-refractivity contribution in [1.29, 1.82) is 0 Å². The average Bonchev–Trinajstić information content (AvgIpc) is 3.29. The molecule has 1 aromatic heterocycles. The van der Waals surface area contributed by atoms with Crippen molar-refractivity contribution in [2.75, 3.05) is 19.4 Å². The molecule has 0 aliphatic rings. The molecule has 0 saturated carbocycles. The molecule has 0 aliphatic carbocycles. The number of carbonyl (C=O) groups is 1. The number of hydrogen-bond acceptors (Lipinski definition) is 5. The van der Waals surface area contributed by atoms with Crippen LogP contribution in [0.4, 0.5) is 5.69 Å². The van der Waals surface area contributed by atoms with Gasteiger partial charge in [0, 0.05) is 24.0 Å². The Morgan fingerprint density at radius 3 is 2.03 bits per heavy atom. The zero-order valence-corrected chi connectivity index (χ0v) is 21.5. The number of carbonyl (C=O) groups excluding carboxylic acids is 1. The van der Waals surface area contributed by atoms with E-state index in [1.807, 2.05) is 72.1 Å². The number of benzene rings is 2. The van der Waals surface area contributed by atoms with Gasteiger partial charge in [-0.1, -0.05) is 39.8 Å². The lowest BCUT2D eigenvalue weighted by molar-refractivity contribution is -0.115. The SMILES string of the molecule is CC(C)c1cc(-c2ccn[nH]2)cc(C(C)C)c1C(C(=O)Nc1ccc(CN(C)C)cc1)[SH](=O)=O. The predicted octanol–water partition coefficient (Wildman–Crippen LogP) is 4.68. The van der Waals surface area contributed by atoms with Gasteiger partial charge in [-0.3, -0.25) is 9.89 Å². The van der Waals surface area contributed by atoms with E-state index in [9.17, 15) is 13.2 Å². The van der Waals surface area contributed by atoms with Crippen LogP contribution in [0.5, 0.6) is 0 Å². The van der Waals surface area contributed by atoms with Crippen molar-refractivity contribution in [1.82, 2.24) is 15.1 Å². The fraction of sp³-hybridized carbons (Fsp3) is 0.385. The molecule has 1 atom stereocenters. The molecule has 1 unspecified atom stereocenters. The molecular formula is C26H34N4O3S. The van der Waals surface area contributed by atoms with Gasteiger partial charge in [0.05, 0.1) is 5.69 Å². The topological polar surface area (TPSA) is 95.2 Å². The number of aromatic nitrogens is 2. The second-order valence-electron chi connectivity index (χ2n) is 9.46. The van der Waals surface area contributed by atoms with E-state index in [-0.39, 0.29) is 11.8 Å². The van der Waals surface area contributed by atoms with Crippen LogP contribution in [0.25, 0.3) is 11.3 Å².